The maximum Gasteiger partial charge on any atom is 0.322 e. The Morgan fingerprint density at radius 2 is 2.00 bits per heavy atom. The predicted octanol–water partition coefficient (Wildman–Crippen LogP) is 1.99. The zero-order chi connectivity index (χ0) is 13.9. The summed E-state index contributed by atoms with van der Waals surface area (Å²) in [5.74, 6) is -3.66. The Morgan fingerprint density at radius 3 is 2.50 bits per heavy atom. The van der Waals surface area contributed by atoms with Crippen LogP contribution in [0.25, 0.3) is 0 Å². The molecule has 0 radical (unpaired) electrons. The SMILES string of the molecule is CCCC(C(=O)O)S(=O)(=O)c1cc(F)ccc1F. The van der Waals surface area contributed by atoms with Crippen molar-refractivity contribution in [2.24, 2.45) is 0 Å². The molecule has 0 aliphatic rings. The number of hydrogen-bond acceptors (Lipinski definition) is 3. The van der Waals surface area contributed by atoms with Crippen LogP contribution in [0, 0.1) is 11.6 Å². The summed E-state index contributed by atoms with van der Waals surface area (Å²) in [6.45, 7) is 1.60. The molecule has 0 saturated carbocycles. The van der Waals surface area contributed by atoms with E-state index >= 15 is 0 Å². The third-order valence-electron chi connectivity index (χ3n) is 2.40. The molecule has 18 heavy (non-hydrogen) atoms. The van der Waals surface area contributed by atoms with Gasteiger partial charge in [-0.2, -0.15) is 0 Å². The third-order valence-corrected chi connectivity index (χ3v) is 4.51. The van der Waals surface area contributed by atoms with Gasteiger partial charge < -0.3 is 5.11 Å². The van der Waals surface area contributed by atoms with Gasteiger partial charge in [0.1, 0.15) is 16.5 Å². The van der Waals surface area contributed by atoms with E-state index in [4.69, 9.17) is 5.11 Å². The zero-order valence-corrected chi connectivity index (χ0v) is 10.4. The summed E-state index contributed by atoms with van der Waals surface area (Å²) in [4.78, 5) is 10.00. The van der Waals surface area contributed by atoms with Crippen LogP contribution in [0.5, 0.6) is 0 Å². The minimum Gasteiger partial charge on any atom is -0.480 e. The molecule has 0 bridgehead atoms. The van der Waals surface area contributed by atoms with Gasteiger partial charge in [-0.05, 0) is 24.6 Å². The van der Waals surface area contributed by atoms with Crippen LogP contribution < -0.4 is 0 Å². The number of halogens is 2. The van der Waals surface area contributed by atoms with Gasteiger partial charge in [0.05, 0.1) is 0 Å². The van der Waals surface area contributed by atoms with Crippen LogP contribution in [0.3, 0.4) is 0 Å². The molecule has 7 heteroatoms. The van der Waals surface area contributed by atoms with Crippen LogP contribution in [-0.2, 0) is 14.6 Å². The quantitative estimate of drug-likeness (QED) is 0.894. The maximum absolute atomic E-state index is 13.4. The number of sulfone groups is 1. The summed E-state index contributed by atoms with van der Waals surface area (Å²) < 4.78 is 50.2. The van der Waals surface area contributed by atoms with E-state index in [0.29, 0.717) is 18.6 Å². The first-order valence-electron chi connectivity index (χ1n) is 5.22. The number of hydrogen-bond donors (Lipinski definition) is 1. The van der Waals surface area contributed by atoms with Gasteiger partial charge in [-0.1, -0.05) is 13.3 Å². The summed E-state index contributed by atoms with van der Waals surface area (Å²) in [5, 5.41) is 7.10. The molecule has 1 rings (SSSR count). The fourth-order valence-corrected chi connectivity index (χ4v) is 3.26. The number of benzene rings is 1. The normalized spacial score (nSPS) is 13.3. The van der Waals surface area contributed by atoms with E-state index in [2.05, 4.69) is 0 Å². The first-order chi connectivity index (χ1) is 8.30. The van der Waals surface area contributed by atoms with E-state index in [0.717, 1.165) is 6.07 Å². The van der Waals surface area contributed by atoms with Gasteiger partial charge in [0.2, 0.25) is 0 Å². The van der Waals surface area contributed by atoms with Crippen molar-refractivity contribution in [1.29, 1.82) is 0 Å². The Balaban J connectivity index is 3.35. The molecule has 0 aromatic heterocycles. The average Bonchev–Trinajstić information content (AvgIpc) is 2.28. The number of carboxylic acid groups (broad SMARTS) is 1. The number of carbonyl (C=O) groups is 1. The summed E-state index contributed by atoms with van der Waals surface area (Å²) in [6, 6.07) is 1.92. The topological polar surface area (TPSA) is 71.4 Å². The van der Waals surface area contributed by atoms with E-state index in [1.807, 2.05) is 0 Å². The Labute approximate surface area is 103 Å². The highest BCUT2D eigenvalue weighted by Crippen LogP contribution is 2.23. The highest BCUT2D eigenvalue weighted by molar-refractivity contribution is 7.92. The second-order valence-electron chi connectivity index (χ2n) is 3.74. The van der Waals surface area contributed by atoms with E-state index in [-0.39, 0.29) is 6.42 Å². The summed E-state index contributed by atoms with van der Waals surface area (Å²) in [6.07, 6.45) is 0.140. The van der Waals surface area contributed by atoms with Gasteiger partial charge in [0.15, 0.2) is 15.1 Å². The molecule has 1 atom stereocenters. The lowest BCUT2D eigenvalue weighted by Crippen LogP contribution is -2.30. The van der Waals surface area contributed by atoms with E-state index in [1.54, 1.807) is 6.92 Å². The molecule has 0 aliphatic carbocycles. The van der Waals surface area contributed by atoms with Gasteiger partial charge in [0.25, 0.3) is 0 Å². The lowest BCUT2D eigenvalue weighted by atomic mass is 10.2. The molecule has 1 N–H and O–H groups in total. The Kier molecular flexibility index (Phi) is 4.39. The van der Waals surface area contributed by atoms with Crippen LogP contribution in [0.1, 0.15) is 19.8 Å². The van der Waals surface area contributed by atoms with Crippen LogP contribution >= 0.6 is 0 Å². The highest BCUT2D eigenvalue weighted by Gasteiger charge is 2.35. The van der Waals surface area contributed by atoms with Crippen molar-refractivity contribution >= 4 is 15.8 Å². The fourth-order valence-electron chi connectivity index (χ4n) is 1.52. The van der Waals surface area contributed by atoms with E-state index in [1.165, 1.54) is 0 Å². The van der Waals surface area contributed by atoms with Crippen molar-refractivity contribution < 1.29 is 27.1 Å². The third kappa shape index (κ3) is 2.84. The van der Waals surface area contributed by atoms with Gasteiger partial charge in [-0.15, -0.1) is 0 Å². The molecule has 100 valence electrons. The molecular formula is C11H12F2O4S. The first kappa shape index (κ1) is 14.6. The van der Waals surface area contributed by atoms with Crippen LogP contribution in [0.4, 0.5) is 8.78 Å². The van der Waals surface area contributed by atoms with Crippen molar-refractivity contribution in [3.63, 3.8) is 0 Å². The molecule has 1 aromatic carbocycles. The van der Waals surface area contributed by atoms with Crippen molar-refractivity contribution in [3.8, 4) is 0 Å². The lowest BCUT2D eigenvalue weighted by molar-refractivity contribution is -0.136. The van der Waals surface area contributed by atoms with Crippen molar-refractivity contribution in [2.45, 2.75) is 29.9 Å². The second-order valence-corrected chi connectivity index (χ2v) is 5.83. The van der Waals surface area contributed by atoms with Crippen molar-refractivity contribution in [2.75, 3.05) is 0 Å². The van der Waals surface area contributed by atoms with Gasteiger partial charge in [-0.3, -0.25) is 4.79 Å². The van der Waals surface area contributed by atoms with Gasteiger partial charge in [0, 0.05) is 0 Å². The monoisotopic (exact) mass is 278 g/mol. The van der Waals surface area contributed by atoms with Gasteiger partial charge >= 0.3 is 5.97 Å². The number of aliphatic carboxylic acids is 1. The minimum absolute atomic E-state index is 0.159. The zero-order valence-electron chi connectivity index (χ0n) is 9.56. The lowest BCUT2D eigenvalue weighted by Gasteiger charge is -2.13. The Bertz CT molecular complexity index is 554. The standard InChI is InChI=1S/C11H12F2O4S/c1-2-3-9(11(14)15)18(16,17)10-6-7(12)4-5-8(10)13/h4-6,9H,2-3H2,1H3,(H,14,15). The smallest absolute Gasteiger partial charge is 0.322 e. The molecule has 1 unspecified atom stereocenters. The number of rotatable bonds is 5. The maximum atomic E-state index is 13.4. The Hall–Kier alpha value is -1.50. The van der Waals surface area contributed by atoms with Crippen molar-refractivity contribution in [3.05, 3.63) is 29.8 Å². The molecule has 0 spiro atoms. The molecule has 0 aliphatic heterocycles. The summed E-state index contributed by atoms with van der Waals surface area (Å²) >= 11 is 0. The molecule has 1 aromatic rings. The van der Waals surface area contributed by atoms with E-state index < -0.39 is 37.6 Å². The minimum atomic E-state index is -4.43. The summed E-state index contributed by atoms with van der Waals surface area (Å²) in [7, 11) is -4.43. The molecule has 4 nitrogen and oxygen atoms in total. The predicted molar refractivity (Wildman–Crippen MR) is 59.9 cm³/mol. The molecule has 0 saturated heterocycles. The summed E-state index contributed by atoms with van der Waals surface area (Å²) in [5.41, 5.74) is 0. The second kappa shape index (κ2) is 5.43. The highest BCUT2D eigenvalue weighted by atomic mass is 32.2. The van der Waals surface area contributed by atoms with Crippen LogP contribution in [0.15, 0.2) is 23.1 Å². The average molecular weight is 278 g/mol. The molecule has 0 fully saturated rings. The van der Waals surface area contributed by atoms with E-state index in [9.17, 15) is 22.0 Å². The molecule has 0 heterocycles. The van der Waals surface area contributed by atoms with Gasteiger partial charge in [-0.25, -0.2) is 17.2 Å². The number of carboxylic acids is 1. The molecular weight excluding hydrogens is 266 g/mol. The van der Waals surface area contributed by atoms with Crippen molar-refractivity contribution in [1.82, 2.24) is 0 Å². The Morgan fingerprint density at radius 1 is 1.39 bits per heavy atom. The van der Waals surface area contributed by atoms with Crippen LogP contribution in [-0.4, -0.2) is 24.7 Å². The molecule has 0 amide bonds. The first-order valence-corrected chi connectivity index (χ1v) is 6.77. The van der Waals surface area contributed by atoms with Crippen LogP contribution in [0.2, 0.25) is 0 Å². The largest absolute Gasteiger partial charge is 0.480 e. The fraction of sp³-hybridized carbons (Fsp3) is 0.364.